The van der Waals surface area contributed by atoms with Gasteiger partial charge in [-0.3, -0.25) is 0 Å². The van der Waals surface area contributed by atoms with E-state index in [0.717, 1.165) is 0 Å². The fraction of sp³-hybridized carbons (Fsp3) is 0.111. The Morgan fingerprint density at radius 2 is 2.13 bits per heavy atom. The van der Waals surface area contributed by atoms with E-state index in [-0.39, 0.29) is 10.5 Å². The number of methoxy groups -OCH3 is 1. The summed E-state index contributed by atoms with van der Waals surface area (Å²) >= 11 is 0. The molecule has 1 aromatic heterocycles. The van der Waals surface area contributed by atoms with Gasteiger partial charge in [-0.05, 0) is 12.1 Å². The predicted octanol–water partition coefficient (Wildman–Crippen LogP) is 2.37. The van der Waals surface area contributed by atoms with Gasteiger partial charge >= 0.3 is 0 Å². The Morgan fingerprint density at radius 3 is 2.73 bits per heavy atom. The van der Waals surface area contributed by atoms with Gasteiger partial charge in [0.25, 0.3) is 9.05 Å². The maximum atomic E-state index is 11.3. The molecule has 0 N–H and O–H groups in total. The molecule has 0 bridgehead atoms. The van der Waals surface area contributed by atoms with Gasteiger partial charge in [0.1, 0.15) is 10.6 Å². The minimum Gasteiger partial charge on any atom is -0.497 e. The van der Waals surface area contributed by atoms with E-state index in [2.05, 4.69) is 0 Å². The van der Waals surface area contributed by atoms with E-state index in [1.165, 1.54) is 19.4 Å². The van der Waals surface area contributed by atoms with Gasteiger partial charge in [-0.15, -0.1) is 0 Å². The number of fused-ring (bicyclic) bond motifs is 1. The van der Waals surface area contributed by atoms with Gasteiger partial charge in [-0.1, -0.05) is 0 Å². The van der Waals surface area contributed by atoms with Crippen molar-refractivity contribution in [2.75, 3.05) is 7.11 Å². The van der Waals surface area contributed by atoms with Crippen LogP contribution in [-0.2, 0) is 9.05 Å². The van der Waals surface area contributed by atoms with E-state index in [4.69, 9.17) is 19.8 Å². The molecule has 0 aliphatic rings. The van der Waals surface area contributed by atoms with Gasteiger partial charge < -0.3 is 9.15 Å². The molecule has 15 heavy (non-hydrogen) atoms. The molecule has 0 saturated carbocycles. The highest BCUT2D eigenvalue weighted by Gasteiger charge is 2.18. The first-order valence-corrected chi connectivity index (χ1v) is 6.33. The van der Waals surface area contributed by atoms with Crippen molar-refractivity contribution in [1.29, 1.82) is 0 Å². The Hall–Kier alpha value is -1.20. The number of hydrogen-bond donors (Lipinski definition) is 0. The molecule has 1 aromatic carbocycles. The fourth-order valence-electron chi connectivity index (χ4n) is 1.32. The van der Waals surface area contributed by atoms with Crippen LogP contribution in [0.2, 0.25) is 0 Å². The van der Waals surface area contributed by atoms with E-state index in [1.807, 2.05) is 0 Å². The lowest BCUT2D eigenvalue weighted by Crippen LogP contribution is -1.93. The fourth-order valence-corrected chi connectivity index (χ4v) is 2.31. The molecule has 6 heteroatoms. The van der Waals surface area contributed by atoms with Crippen LogP contribution in [0.15, 0.2) is 33.8 Å². The Bertz CT molecular complexity index is 600. The zero-order valence-corrected chi connectivity index (χ0v) is 9.30. The first kappa shape index (κ1) is 10.3. The molecule has 0 radical (unpaired) electrons. The third kappa shape index (κ3) is 1.80. The van der Waals surface area contributed by atoms with Crippen LogP contribution in [0.1, 0.15) is 0 Å². The molecular weight excluding hydrogens is 240 g/mol. The van der Waals surface area contributed by atoms with Crippen molar-refractivity contribution in [2.24, 2.45) is 0 Å². The normalized spacial score (nSPS) is 11.9. The standard InChI is InChI=1S/C9H7ClO4S/c1-13-7-4-6-2-3-14-9(6)8(5-7)15(10,11)12/h2-5H,1H3. The summed E-state index contributed by atoms with van der Waals surface area (Å²) in [6.07, 6.45) is 1.40. The first-order chi connectivity index (χ1) is 7.02. The first-order valence-electron chi connectivity index (χ1n) is 4.02. The largest absolute Gasteiger partial charge is 0.497 e. The molecule has 2 rings (SSSR count). The molecule has 0 aliphatic heterocycles. The number of furan rings is 1. The molecule has 0 unspecified atom stereocenters. The van der Waals surface area contributed by atoms with Crippen LogP contribution in [0.3, 0.4) is 0 Å². The number of rotatable bonds is 2. The van der Waals surface area contributed by atoms with E-state index < -0.39 is 9.05 Å². The molecule has 0 amide bonds. The van der Waals surface area contributed by atoms with Crippen molar-refractivity contribution in [3.8, 4) is 5.75 Å². The van der Waals surface area contributed by atoms with Crippen LogP contribution < -0.4 is 4.74 Å². The monoisotopic (exact) mass is 246 g/mol. The van der Waals surface area contributed by atoms with Crippen LogP contribution in [0.5, 0.6) is 5.75 Å². The predicted molar refractivity (Wildman–Crippen MR) is 55.8 cm³/mol. The highest BCUT2D eigenvalue weighted by Crippen LogP contribution is 2.31. The molecule has 0 atom stereocenters. The van der Waals surface area contributed by atoms with Crippen molar-refractivity contribution in [3.63, 3.8) is 0 Å². The second kappa shape index (κ2) is 3.43. The maximum absolute atomic E-state index is 11.3. The van der Waals surface area contributed by atoms with Crippen LogP contribution in [-0.4, -0.2) is 15.5 Å². The Kier molecular flexibility index (Phi) is 2.36. The topological polar surface area (TPSA) is 56.5 Å². The lowest BCUT2D eigenvalue weighted by molar-refractivity contribution is 0.414. The average molecular weight is 247 g/mol. The van der Waals surface area contributed by atoms with Crippen LogP contribution in [0, 0.1) is 0 Å². The van der Waals surface area contributed by atoms with Gasteiger partial charge in [0, 0.05) is 22.1 Å². The summed E-state index contributed by atoms with van der Waals surface area (Å²) in [6, 6.07) is 4.64. The summed E-state index contributed by atoms with van der Waals surface area (Å²) in [6.45, 7) is 0. The summed E-state index contributed by atoms with van der Waals surface area (Å²) in [5.74, 6) is 0.420. The van der Waals surface area contributed by atoms with Crippen molar-refractivity contribution in [3.05, 3.63) is 24.5 Å². The van der Waals surface area contributed by atoms with Gasteiger partial charge in [0.05, 0.1) is 13.4 Å². The van der Waals surface area contributed by atoms with Crippen molar-refractivity contribution < 1.29 is 17.6 Å². The summed E-state index contributed by atoms with van der Waals surface area (Å²) in [5, 5.41) is 0.633. The number of halogens is 1. The maximum Gasteiger partial charge on any atom is 0.265 e. The molecule has 0 aliphatic carbocycles. The van der Waals surface area contributed by atoms with E-state index in [9.17, 15) is 8.42 Å². The molecule has 0 saturated heterocycles. The Balaban J connectivity index is 2.86. The highest BCUT2D eigenvalue weighted by atomic mass is 35.7. The molecule has 80 valence electrons. The second-order valence-electron chi connectivity index (χ2n) is 2.90. The van der Waals surface area contributed by atoms with Crippen molar-refractivity contribution in [1.82, 2.24) is 0 Å². The molecular formula is C9H7ClO4S. The third-order valence-electron chi connectivity index (χ3n) is 1.99. The SMILES string of the molecule is COc1cc(S(=O)(=O)Cl)c2occc2c1. The average Bonchev–Trinajstić information content (AvgIpc) is 2.61. The van der Waals surface area contributed by atoms with E-state index >= 15 is 0 Å². The minimum atomic E-state index is -3.83. The number of benzene rings is 1. The van der Waals surface area contributed by atoms with Crippen LogP contribution in [0.4, 0.5) is 0 Å². The van der Waals surface area contributed by atoms with E-state index in [0.29, 0.717) is 11.1 Å². The van der Waals surface area contributed by atoms with Gasteiger partial charge in [-0.2, -0.15) is 0 Å². The quantitative estimate of drug-likeness (QED) is 0.764. The third-order valence-corrected chi connectivity index (χ3v) is 3.32. The number of ether oxygens (including phenoxy) is 1. The zero-order chi connectivity index (χ0) is 11.1. The van der Waals surface area contributed by atoms with Gasteiger partial charge in [0.15, 0.2) is 5.58 Å². The molecule has 2 aromatic rings. The summed E-state index contributed by atoms with van der Waals surface area (Å²) < 4.78 is 32.5. The zero-order valence-electron chi connectivity index (χ0n) is 7.73. The van der Waals surface area contributed by atoms with Crippen LogP contribution in [0.25, 0.3) is 11.0 Å². The molecule has 0 fully saturated rings. The van der Waals surface area contributed by atoms with Crippen molar-refractivity contribution >= 4 is 30.7 Å². The van der Waals surface area contributed by atoms with Crippen LogP contribution >= 0.6 is 10.7 Å². The van der Waals surface area contributed by atoms with Gasteiger partial charge in [0.2, 0.25) is 0 Å². The lowest BCUT2D eigenvalue weighted by atomic mass is 10.2. The highest BCUT2D eigenvalue weighted by molar-refractivity contribution is 8.14. The smallest absolute Gasteiger partial charge is 0.265 e. The summed E-state index contributed by atoms with van der Waals surface area (Å²) in [5.41, 5.74) is 0.241. The molecule has 1 heterocycles. The Labute approximate surface area is 90.8 Å². The summed E-state index contributed by atoms with van der Waals surface area (Å²) in [4.78, 5) is -0.0801. The van der Waals surface area contributed by atoms with Gasteiger partial charge in [-0.25, -0.2) is 8.42 Å². The lowest BCUT2D eigenvalue weighted by Gasteiger charge is -2.02. The summed E-state index contributed by atoms with van der Waals surface area (Å²) in [7, 11) is 2.90. The molecule has 4 nitrogen and oxygen atoms in total. The minimum absolute atomic E-state index is 0.0801. The molecule has 0 spiro atoms. The van der Waals surface area contributed by atoms with Crippen molar-refractivity contribution in [2.45, 2.75) is 4.90 Å². The number of hydrogen-bond acceptors (Lipinski definition) is 4. The van der Waals surface area contributed by atoms with E-state index in [1.54, 1.807) is 12.1 Å². The Morgan fingerprint density at radius 1 is 1.40 bits per heavy atom. The second-order valence-corrected chi connectivity index (χ2v) is 5.44.